The van der Waals surface area contributed by atoms with E-state index < -0.39 is 24.6 Å². The lowest BCUT2D eigenvalue weighted by Gasteiger charge is -2.14. The van der Waals surface area contributed by atoms with Gasteiger partial charge in [-0.15, -0.1) is 6.42 Å². The van der Waals surface area contributed by atoms with Crippen molar-refractivity contribution < 1.29 is 39.9 Å². The maximum atomic E-state index is 11.9. The summed E-state index contributed by atoms with van der Waals surface area (Å²) in [6, 6.07) is 0. The van der Waals surface area contributed by atoms with Gasteiger partial charge in [-0.05, 0) is 65.6 Å². The zero-order valence-corrected chi connectivity index (χ0v) is 20.7. The number of terminal acetylenes is 1. The highest BCUT2D eigenvalue weighted by Gasteiger charge is 2.15. The van der Waals surface area contributed by atoms with Crippen molar-refractivity contribution in [3.05, 3.63) is 0 Å². The molecule has 0 spiro atoms. The van der Waals surface area contributed by atoms with Gasteiger partial charge >= 0.3 is 11.9 Å². The molecule has 0 aromatic heterocycles. The molecule has 34 heavy (non-hydrogen) atoms. The van der Waals surface area contributed by atoms with E-state index in [9.17, 15) is 14.7 Å². The molecule has 202 valence electrons. The SMILES string of the molecule is C#CC#CC#CC#CC#CC#CC(=O)OC[C@@H](CO)OC(=O)CCCCCCCCCCC.S.[HH].[HH].[HH].[HH].[HH].[HH].[HH].[HH].[HH].[HH].[HH]. The molecule has 0 fully saturated rings. The average molecular weight is 503 g/mol. The fourth-order valence-electron chi connectivity index (χ4n) is 2.49. The third kappa shape index (κ3) is 23.3. The number of hydrogen-bond acceptors (Lipinski definition) is 5. The third-order valence-corrected chi connectivity index (χ3v) is 4.12. The molecule has 0 aromatic rings. The Hall–Kier alpha value is -3.39. The van der Waals surface area contributed by atoms with Crippen molar-refractivity contribution in [2.75, 3.05) is 13.2 Å². The van der Waals surface area contributed by atoms with Gasteiger partial charge in [-0.3, -0.25) is 4.79 Å². The molecule has 0 rings (SSSR count). The first-order valence-electron chi connectivity index (χ1n) is 11.1. The first-order chi connectivity index (χ1) is 16.1. The van der Waals surface area contributed by atoms with Crippen LogP contribution in [-0.2, 0) is 19.1 Å². The lowest BCUT2D eigenvalue weighted by Crippen LogP contribution is -2.28. The second kappa shape index (κ2) is 25.9. The van der Waals surface area contributed by atoms with Crippen LogP contribution in [0.4, 0.5) is 0 Å². The van der Waals surface area contributed by atoms with Crippen molar-refractivity contribution in [2.45, 2.75) is 77.2 Å². The summed E-state index contributed by atoms with van der Waals surface area (Å²) in [6.45, 7) is 1.47. The van der Waals surface area contributed by atoms with E-state index in [0.717, 1.165) is 19.3 Å². The lowest BCUT2D eigenvalue weighted by molar-refractivity contribution is -0.159. The molecule has 0 unspecified atom stereocenters. The summed E-state index contributed by atoms with van der Waals surface area (Å²) in [7, 11) is 0. The summed E-state index contributed by atoms with van der Waals surface area (Å²) in [6.07, 6.45) is 14.6. The van der Waals surface area contributed by atoms with E-state index in [0.29, 0.717) is 0 Å². The van der Waals surface area contributed by atoms with Crippen LogP contribution in [0.3, 0.4) is 0 Å². The molecular weight excluding hydrogens is 448 g/mol. The fraction of sp³-hybridized carbons (Fsp3) is 0.500. The Morgan fingerprint density at radius 2 is 1.32 bits per heavy atom. The molecule has 0 amide bonds. The van der Waals surface area contributed by atoms with Gasteiger partial charge in [-0.1, -0.05) is 58.3 Å². The minimum Gasteiger partial charge on any atom is -0.456 e. The summed E-state index contributed by atoms with van der Waals surface area (Å²) < 4.78 is 10.0. The third-order valence-electron chi connectivity index (χ3n) is 4.12. The highest BCUT2D eigenvalue weighted by Crippen LogP contribution is 2.11. The van der Waals surface area contributed by atoms with Crippen molar-refractivity contribution in [3.63, 3.8) is 0 Å². The van der Waals surface area contributed by atoms with Crippen LogP contribution in [0.1, 0.15) is 86.8 Å². The first-order valence-corrected chi connectivity index (χ1v) is 11.1. The molecule has 6 heteroatoms. The number of unbranched alkanes of at least 4 members (excludes halogenated alkanes) is 8. The predicted octanol–water partition coefficient (Wildman–Crippen LogP) is 5.82. The normalized spacial score (nSPS) is 8.97. The smallest absolute Gasteiger partial charge is 0.385 e. The van der Waals surface area contributed by atoms with Crippen LogP contribution in [0.2, 0.25) is 0 Å². The van der Waals surface area contributed by atoms with E-state index in [1.54, 1.807) is 0 Å². The van der Waals surface area contributed by atoms with Crippen LogP contribution in [0.15, 0.2) is 0 Å². The Morgan fingerprint density at radius 1 is 0.824 bits per heavy atom. The molecule has 0 bridgehead atoms. The first kappa shape index (κ1) is 32.8. The summed E-state index contributed by atoms with van der Waals surface area (Å²) in [5.74, 6) is 24.3. The maximum absolute atomic E-state index is 11.9. The minimum absolute atomic E-state index is 0. The molecule has 5 nitrogen and oxygen atoms in total. The van der Waals surface area contributed by atoms with Gasteiger partial charge in [-0.25, -0.2) is 4.79 Å². The summed E-state index contributed by atoms with van der Waals surface area (Å²) in [5.41, 5.74) is 0. The van der Waals surface area contributed by atoms with E-state index in [-0.39, 0.29) is 42.2 Å². The Labute approximate surface area is 227 Å². The van der Waals surface area contributed by atoms with Crippen LogP contribution < -0.4 is 0 Å². The second-order valence-electron chi connectivity index (χ2n) is 6.87. The van der Waals surface area contributed by atoms with Crippen molar-refractivity contribution in [1.82, 2.24) is 0 Å². The van der Waals surface area contributed by atoms with Gasteiger partial charge in [0.2, 0.25) is 0 Å². The topological polar surface area (TPSA) is 72.8 Å². The molecule has 1 N–H and O–H groups in total. The van der Waals surface area contributed by atoms with Crippen LogP contribution in [0.5, 0.6) is 0 Å². The average Bonchev–Trinajstić information content (AvgIpc) is 2.81. The van der Waals surface area contributed by atoms with Gasteiger partial charge < -0.3 is 14.6 Å². The van der Waals surface area contributed by atoms with Gasteiger partial charge in [0.15, 0.2) is 6.10 Å². The summed E-state index contributed by atoms with van der Waals surface area (Å²) in [5, 5.41) is 9.31. The maximum Gasteiger partial charge on any atom is 0.385 e. The van der Waals surface area contributed by atoms with E-state index >= 15 is 0 Å². The number of aliphatic hydroxyl groups is 1. The van der Waals surface area contributed by atoms with Crippen LogP contribution in [0.25, 0.3) is 0 Å². The number of ether oxygens (including phenoxy) is 2. The largest absolute Gasteiger partial charge is 0.456 e. The van der Waals surface area contributed by atoms with Crippen molar-refractivity contribution in [3.8, 4) is 71.5 Å². The van der Waals surface area contributed by atoms with Crippen LogP contribution in [-0.4, -0.2) is 36.4 Å². The fourth-order valence-corrected chi connectivity index (χ4v) is 2.49. The monoisotopic (exact) mass is 502 g/mol. The van der Waals surface area contributed by atoms with Crippen molar-refractivity contribution in [2.24, 2.45) is 0 Å². The Morgan fingerprint density at radius 3 is 1.85 bits per heavy atom. The molecule has 0 saturated heterocycles. The second-order valence-corrected chi connectivity index (χ2v) is 6.87. The Kier molecular flexibility index (Phi) is 24.9. The highest BCUT2D eigenvalue weighted by atomic mass is 32.1. The van der Waals surface area contributed by atoms with E-state index in [1.165, 1.54) is 38.5 Å². The van der Waals surface area contributed by atoms with Crippen LogP contribution >= 0.6 is 13.5 Å². The number of carbonyl (C=O) groups excluding carboxylic acids is 2. The van der Waals surface area contributed by atoms with E-state index in [4.69, 9.17) is 15.9 Å². The molecule has 0 saturated carbocycles. The van der Waals surface area contributed by atoms with Crippen LogP contribution in [0, 0.1) is 71.5 Å². The minimum atomic E-state index is -0.921. The molecule has 0 radical (unpaired) electrons. The zero-order valence-electron chi connectivity index (χ0n) is 19.7. The molecule has 0 aliphatic heterocycles. The van der Waals surface area contributed by atoms with Gasteiger partial charge in [-0.2, -0.15) is 13.5 Å². The molecule has 1 atom stereocenters. The number of esters is 2. The molecule has 0 heterocycles. The quantitative estimate of drug-likeness (QED) is 0.140. The van der Waals surface area contributed by atoms with Gasteiger partial charge in [0.25, 0.3) is 0 Å². The summed E-state index contributed by atoms with van der Waals surface area (Å²) >= 11 is 0. The molecule has 0 aliphatic rings. The standard InChI is InChI=1S/C28H30O5.H2S.11H2/c1-3-5-7-9-11-13-15-16-18-20-22-27(30)32-25-26(24-29)33-28(31)23-21-19-17-14-12-10-8-6-4-2;;;;;;;;;;;;/h1,26,29H,4,6,8,10,12,14,17,19,21,23-25H2,2H3;1H2;11*1H/t26-;;;;;;;;;;;;/m1............/s1. The van der Waals surface area contributed by atoms with Crippen molar-refractivity contribution >= 4 is 25.4 Å². The Balaban J connectivity index is -0.0000000776. The Bertz CT molecular complexity index is 986. The van der Waals surface area contributed by atoms with E-state index in [2.05, 4.69) is 72.0 Å². The van der Waals surface area contributed by atoms with E-state index in [1.807, 2.05) is 0 Å². The van der Waals surface area contributed by atoms with Crippen molar-refractivity contribution in [1.29, 1.82) is 0 Å². The zero-order chi connectivity index (χ0) is 24.4. The number of carbonyl (C=O) groups is 2. The number of hydrogen-bond donors (Lipinski definition) is 1. The summed E-state index contributed by atoms with van der Waals surface area (Å²) in [4.78, 5) is 23.4. The molecule has 0 aliphatic carbocycles. The highest BCUT2D eigenvalue weighted by molar-refractivity contribution is 7.59. The predicted molar refractivity (Wildman–Crippen MR) is 161 cm³/mol. The molecular formula is C28H54O5S. The van der Waals surface area contributed by atoms with Gasteiger partial charge in [0, 0.05) is 28.0 Å². The lowest BCUT2D eigenvalue weighted by atomic mass is 10.1. The number of aliphatic hydroxyl groups excluding tert-OH is 1. The van der Waals surface area contributed by atoms with Gasteiger partial charge in [0.05, 0.1) is 6.61 Å². The van der Waals surface area contributed by atoms with Gasteiger partial charge in [0.1, 0.15) is 6.61 Å². The number of rotatable bonds is 14. The molecule has 0 aromatic carbocycles.